The van der Waals surface area contributed by atoms with E-state index < -0.39 is 5.60 Å². The van der Waals surface area contributed by atoms with Crippen LogP contribution in [0.3, 0.4) is 0 Å². The number of piperazine rings is 1. The highest BCUT2D eigenvalue weighted by molar-refractivity contribution is 5.71. The van der Waals surface area contributed by atoms with Gasteiger partial charge in [0.15, 0.2) is 0 Å². The summed E-state index contributed by atoms with van der Waals surface area (Å²) < 4.78 is 22.0. The van der Waals surface area contributed by atoms with Gasteiger partial charge in [-0.25, -0.2) is 4.79 Å². The van der Waals surface area contributed by atoms with Crippen molar-refractivity contribution in [1.29, 1.82) is 0 Å². The number of amides is 1. The molecular formula is C29H40N2O5. The summed E-state index contributed by atoms with van der Waals surface area (Å²) >= 11 is 0. The van der Waals surface area contributed by atoms with Crippen molar-refractivity contribution in [3.05, 3.63) is 53.6 Å². The first-order chi connectivity index (χ1) is 17.3. The van der Waals surface area contributed by atoms with Crippen molar-refractivity contribution in [1.82, 2.24) is 9.80 Å². The van der Waals surface area contributed by atoms with E-state index in [2.05, 4.69) is 11.0 Å². The van der Waals surface area contributed by atoms with Crippen molar-refractivity contribution in [2.45, 2.75) is 39.2 Å². The SMILES string of the molecule is COc1cc(/C=C/c2ccc(OCCCCN3CCN(C(=O)OC(C)(C)C)CC3)cc2)cc(OC)c1. The number of carbonyl (C=O) groups is 1. The lowest BCUT2D eigenvalue weighted by molar-refractivity contribution is 0.0144. The van der Waals surface area contributed by atoms with E-state index in [1.165, 1.54) is 0 Å². The van der Waals surface area contributed by atoms with Crippen LogP contribution in [0.5, 0.6) is 17.2 Å². The first-order valence-corrected chi connectivity index (χ1v) is 12.6. The summed E-state index contributed by atoms with van der Waals surface area (Å²) in [5, 5.41) is 0. The first-order valence-electron chi connectivity index (χ1n) is 12.6. The molecule has 0 spiro atoms. The third kappa shape index (κ3) is 9.11. The Balaban J connectivity index is 1.34. The maximum absolute atomic E-state index is 12.2. The Morgan fingerprint density at radius 3 is 2.03 bits per heavy atom. The third-order valence-electron chi connectivity index (χ3n) is 5.88. The zero-order valence-corrected chi connectivity index (χ0v) is 22.3. The minimum atomic E-state index is -0.448. The Hall–Kier alpha value is -3.19. The fraction of sp³-hybridized carbons (Fsp3) is 0.483. The van der Waals surface area contributed by atoms with Crippen LogP contribution in [0.15, 0.2) is 42.5 Å². The quantitative estimate of drug-likeness (QED) is 0.316. The van der Waals surface area contributed by atoms with E-state index >= 15 is 0 Å². The molecule has 3 rings (SSSR count). The molecule has 0 unspecified atom stereocenters. The summed E-state index contributed by atoms with van der Waals surface area (Å²) in [6.07, 6.45) is 5.94. The van der Waals surface area contributed by atoms with Crippen molar-refractivity contribution in [2.24, 2.45) is 0 Å². The summed E-state index contributed by atoms with van der Waals surface area (Å²) in [6, 6.07) is 13.9. The zero-order chi connectivity index (χ0) is 26.0. The molecule has 0 saturated carbocycles. The maximum Gasteiger partial charge on any atom is 0.410 e. The number of rotatable bonds is 10. The van der Waals surface area contributed by atoms with Crippen LogP contribution in [0, 0.1) is 0 Å². The average molecular weight is 497 g/mol. The largest absolute Gasteiger partial charge is 0.497 e. The third-order valence-corrected chi connectivity index (χ3v) is 5.88. The Morgan fingerprint density at radius 2 is 1.44 bits per heavy atom. The molecule has 0 aromatic heterocycles. The van der Waals surface area contributed by atoms with E-state index in [1.54, 1.807) is 19.1 Å². The molecule has 1 heterocycles. The lowest BCUT2D eigenvalue weighted by Gasteiger charge is -2.35. The van der Waals surface area contributed by atoms with Crippen LogP contribution in [0.4, 0.5) is 4.79 Å². The fourth-order valence-corrected chi connectivity index (χ4v) is 3.90. The molecule has 1 saturated heterocycles. The predicted molar refractivity (Wildman–Crippen MR) is 144 cm³/mol. The van der Waals surface area contributed by atoms with Gasteiger partial charge < -0.3 is 23.8 Å². The number of benzene rings is 2. The second kappa shape index (κ2) is 13.2. The molecule has 196 valence electrons. The van der Waals surface area contributed by atoms with Crippen LogP contribution in [0.2, 0.25) is 0 Å². The van der Waals surface area contributed by atoms with E-state index in [-0.39, 0.29) is 6.09 Å². The highest BCUT2D eigenvalue weighted by atomic mass is 16.6. The summed E-state index contributed by atoms with van der Waals surface area (Å²) in [5.41, 5.74) is 1.66. The van der Waals surface area contributed by atoms with Gasteiger partial charge in [-0.1, -0.05) is 24.3 Å². The van der Waals surface area contributed by atoms with Crippen molar-refractivity contribution in [3.8, 4) is 17.2 Å². The average Bonchev–Trinajstić information content (AvgIpc) is 2.87. The van der Waals surface area contributed by atoms with Crippen LogP contribution >= 0.6 is 0 Å². The van der Waals surface area contributed by atoms with Crippen molar-refractivity contribution < 1.29 is 23.7 Å². The standard InChI is InChI=1S/C29H40N2O5/c1-29(2,3)36-28(32)31-17-15-30(16-18-31)14-6-7-19-35-25-12-10-23(11-13-25)8-9-24-20-26(33-4)22-27(21-24)34-5/h8-13,20-22H,6-7,14-19H2,1-5H3/b9-8+. The number of hydrogen-bond acceptors (Lipinski definition) is 6. The van der Waals surface area contributed by atoms with Gasteiger partial charge in [0.05, 0.1) is 20.8 Å². The van der Waals surface area contributed by atoms with E-state index in [4.69, 9.17) is 18.9 Å². The molecular weight excluding hydrogens is 456 g/mol. The molecule has 36 heavy (non-hydrogen) atoms. The molecule has 1 aliphatic rings. The van der Waals surface area contributed by atoms with Crippen LogP contribution < -0.4 is 14.2 Å². The van der Waals surface area contributed by atoms with Gasteiger partial charge >= 0.3 is 6.09 Å². The Morgan fingerprint density at radius 1 is 0.833 bits per heavy atom. The van der Waals surface area contributed by atoms with Gasteiger partial charge in [-0.3, -0.25) is 4.90 Å². The Kier molecular flexibility index (Phi) is 10.1. The zero-order valence-electron chi connectivity index (χ0n) is 22.3. The summed E-state index contributed by atoms with van der Waals surface area (Å²) in [4.78, 5) is 16.4. The monoisotopic (exact) mass is 496 g/mol. The minimum absolute atomic E-state index is 0.211. The molecule has 1 amide bonds. The number of ether oxygens (including phenoxy) is 4. The minimum Gasteiger partial charge on any atom is -0.497 e. The predicted octanol–water partition coefficient (Wildman–Crippen LogP) is 5.59. The molecule has 1 aliphatic heterocycles. The topological polar surface area (TPSA) is 60.5 Å². The fourth-order valence-electron chi connectivity index (χ4n) is 3.90. The highest BCUT2D eigenvalue weighted by Gasteiger charge is 2.25. The molecule has 0 N–H and O–H groups in total. The molecule has 7 nitrogen and oxygen atoms in total. The van der Waals surface area contributed by atoms with Crippen LogP contribution in [-0.2, 0) is 4.74 Å². The second-order valence-electron chi connectivity index (χ2n) is 9.91. The summed E-state index contributed by atoms with van der Waals surface area (Å²) in [6.45, 7) is 10.6. The van der Waals surface area contributed by atoms with E-state index in [0.29, 0.717) is 6.61 Å². The maximum atomic E-state index is 12.2. The van der Waals surface area contributed by atoms with E-state index in [9.17, 15) is 4.79 Å². The molecule has 2 aromatic carbocycles. The van der Waals surface area contributed by atoms with Crippen molar-refractivity contribution in [2.75, 3.05) is 53.6 Å². The van der Waals surface area contributed by atoms with Crippen LogP contribution in [0.1, 0.15) is 44.7 Å². The second-order valence-corrected chi connectivity index (χ2v) is 9.91. The van der Waals surface area contributed by atoms with Gasteiger partial charge in [-0.15, -0.1) is 0 Å². The Labute approximate surface area is 215 Å². The number of methoxy groups -OCH3 is 2. The van der Waals surface area contributed by atoms with Crippen LogP contribution in [0.25, 0.3) is 12.2 Å². The lowest BCUT2D eigenvalue weighted by Crippen LogP contribution is -2.50. The highest BCUT2D eigenvalue weighted by Crippen LogP contribution is 2.24. The molecule has 0 bridgehead atoms. The van der Waals surface area contributed by atoms with Gasteiger partial charge in [0.2, 0.25) is 0 Å². The molecule has 7 heteroatoms. The number of carbonyl (C=O) groups excluding carboxylic acids is 1. The normalized spacial score (nSPS) is 14.6. The molecule has 0 radical (unpaired) electrons. The number of nitrogens with zero attached hydrogens (tertiary/aromatic N) is 2. The number of unbranched alkanes of at least 4 members (excludes halogenated alkanes) is 1. The smallest absolute Gasteiger partial charge is 0.410 e. The summed E-state index contributed by atoms with van der Waals surface area (Å²) in [7, 11) is 3.30. The number of hydrogen-bond donors (Lipinski definition) is 0. The lowest BCUT2D eigenvalue weighted by atomic mass is 10.1. The van der Waals surface area contributed by atoms with Gasteiger partial charge in [-0.2, -0.15) is 0 Å². The Bertz CT molecular complexity index is 967. The van der Waals surface area contributed by atoms with E-state index in [0.717, 1.165) is 73.9 Å². The molecule has 2 aromatic rings. The van der Waals surface area contributed by atoms with Crippen LogP contribution in [-0.4, -0.2) is 75.0 Å². The van der Waals surface area contributed by atoms with Crippen molar-refractivity contribution >= 4 is 18.2 Å². The van der Waals surface area contributed by atoms with Gasteiger partial charge in [0, 0.05) is 32.2 Å². The van der Waals surface area contributed by atoms with Crippen molar-refractivity contribution in [3.63, 3.8) is 0 Å². The summed E-state index contributed by atoms with van der Waals surface area (Å²) in [5.74, 6) is 2.41. The first kappa shape index (κ1) is 27.4. The molecule has 0 aliphatic carbocycles. The van der Waals surface area contributed by atoms with Gasteiger partial charge in [-0.05, 0) is 75.5 Å². The van der Waals surface area contributed by atoms with E-state index in [1.807, 2.05) is 69.3 Å². The van der Waals surface area contributed by atoms with Gasteiger partial charge in [0.1, 0.15) is 22.8 Å². The van der Waals surface area contributed by atoms with Gasteiger partial charge in [0.25, 0.3) is 0 Å². The molecule has 1 fully saturated rings. The molecule has 0 atom stereocenters.